The number of hydrogen-bond donors (Lipinski definition) is 2. The van der Waals surface area contributed by atoms with Gasteiger partial charge in [-0.15, -0.1) is 0 Å². The van der Waals surface area contributed by atoms with Crippen molar-refractivity contribution in [1.82, 2.24) is 4.98 Å². The molecular formula is C14H16N2O3. The second-order valence-corrected chi connectivity index (χ2v) is 4.15. The number of nitrogen functional groups attached to an aromatic ring is 1. The monoisotopic (exact) mass is 260 g/mol. The normalized spacial score (nSPS) is 10.3. The van der Waals surface area contributed by atoms with E-state index in [2.05, 4.69) is 4.98 Å². The van der Waals surface area contributed by atoms with E-state index in [-0.39, 0.29) is 6.61 Å². The number of anilines is 1. The quantitative estimate of drug-likeness (QED) is 0.881. The van der Waals surface area contributed by atoms with Crippen LogP contribution in [0.25, 0.3) is 0 Å². The largest absolute Gasteiger partial charge is 0.493 e. The predicted molar refractivity (Wildman–Crippen MR) is 72.4 cm³/mol. The molecule has 2 rings (SSSR count). The van der Waals surface area contributed by atoms with Gasteiger partial charge in [-0.25, -0.2) is 4.98 Å². The fourth-order valence-corrected chi connectivity index (χ4v) is 1.66. The highest BCUT2D eigenvalue weighted by Crippen LogP contribution is 2.33. The van der Waals surface area contributed by atoms with Crippen LogP contribution in [0.15, 0.2) is 30.5 Å². The van der Waals surface area contributed by atoms with Crippen LogP contribution in [0.1, 0.15) is 11.1 Å². The van der Waals surface area contributed by atoms with Crippen molar-refractivity contribution in [1.29, 1.82) is 0 Å². The van der Waals surface area contributed by atoms with Crippen molar-refractivity contribution in [2.75, 3.05) is 12.8 Å². The summed E-state index contributed by atoms with van der Waals surface area (Å²) in [6.07, 6.45) is 1.68. The highest BCUT2D eigenvalue weighted by molar-refractivity contribution is 5.53. The van der Waals surface area contributed by atoms with Crippen LogP contribution in [0.3, 0.4) is 0 Å². The van der Waals surface area contributed by atoms with Crippen LogP contribution in [0.2, 0.25) is 0 Å². The van der Waals surface area contributed by atoms with Crippen molar-refractivity contribution >= 4 is 5.69 Å². The minimum Gasteiger partial charge on any atom is -0.493 e. The molecule has 100 valence electrons. The molecule has 5 nitrogen and oxygen atoms in total. The minimum atomic E-state index is -0.0540. The van der Waals surface area contributed by atoms with E-state index < -0.39 is 0 Å². The van der Waals surface area contributed by atoms with E-state index in [0.29, 0.717) is 23.1 Å². The highest BCUT2D eigenvalue weighted by atomic mass is 16.5. The number of benzene rings is 1. The van der Waals surface area contributed by atoms with Gasteiger partial charge in [-0.3, -0.25) is 0 Å². The van der Waals surface area contributed by atoms with E-state index in [1.807, 2.05) is 6.92 Å². The van der Waals surface area contributed by atoms with E-state index in [0.717, 1.165) is 11.1 Å². The average Bonchev–Trinajstić information content (AvgIpc) is 2.42. The molecule has 0 aliphatic carbocycles. The Morgan fingerprint density at radius 2 is 2.05 bits per heavy atom. The number of aromatic nitrogens is 1. The van der Waals surface area contributed by atoms with Crippen molar-refractivity contribution in [3.05, 3.63) is 41.6 Å². The van der Waals surface area contributed by atoms with E-state index in [9.17, 15) is 0 Å². The number of aliphatic hydroxyl groups excluding tert-OH is 1. The van der Waals surface area contributed by atoms with Crippen LogP contribution in [0, 0.1) is 6.92 Å². The second kappa shape index (κ2) is 5.58. The van der Waals surface area contributed by atoms with Crippen LogP contribution in [0.4, 0.5) is 5.69 Å². The zero-order valence-electron chi connectivity index (χ0n) is 10.9. The lowest BCUT2D eigenvalue weighted by molar-refractivity contribution is 0.280. The summed E-state index contributed by atoms with van der Waals surface area (Å²) in [5, 5.41) is 9.08. The van der Waals surface area contributed by atoms with E-state index in [4.69, 9.17) is 20.3 Å². The van der Waals surface area contributed by atoms with Gasteiger partial charge >= 0.3 is 0 Å². The Bertz CT molecular complexity index is 585. The number of pyridine rings is 1. The lowest BCUT2D eigenvalue weighted by atomic mass is 10.2. The predicted octanol–water partition coefficient (Wildman–Crippen LogP) is 2.27. The second-order valence-electron chi connectivity index (χ2n) is 4.15. The van der Waals surface area contributed by atoms with Gasteiger partial charge < -0.3 is 20.3 Å². The summed E-state index contributed by atoms with van der Waals surface area (Å²) < 4.78 is 10.9. The van der Waals surface area contributed by atoms with Gasteiger partial charge in [0.05, 0.1) is 19.4 Å². The molecule has 0 saturated heterocycles. The lowest BCUT2D eigenvalue weighted by Crippen LogP contribution is -1.98. The molecule has 0 unspecified atom stereocenters. The Morgan fingerprint density at radius 3 is 2.68 bits per heavy atom. The fourth-order valence-electron chi connectivity index (χ4n) is 1.66. The van der Waals surface area contributed by atoms with Crippen LogP contribution in [0.5, 0.6) is 17.4 Å². The average molecular weight is 260 g/mol. The van der Waals surface area contributed by atoms with Crippen LogP contribution < -0.4 is 15.2 Å². The van der Waals surface area contributed by atoms with Gasteiger partial charge in [-0.1, -0.05) is 6.07 Å². The summed E-state index contributed by atoms with van der Waals surface area (Å²) in [4.78, 5) is 4.14. The maximum Gasteiger partial charge on any atom is 0.242 e. The van der Waals surface area contributed by atoms with Crippen molar-refractivity contribution in [3.8, 4) is 17.4 Å². The number of aryl methyl sites for hydroxylation is 1. The molecule has 0 spiro atoms. The smallest absolute Gasteiger partial charge is 0.242 e. The summed E-state index contributed by atoms with van der Waals surface area (Å²) in [7, 11) is 1.54. The van der Waals surface area contributed by atoms with Crippen LogP contribution in [-0.4, -0.2) is 17.2 Å². The third kappa shape index (κ3) is 2.95. The fraction of sp³-hybridized carbons (Fsp3) is 0.214. The lowest BCUT2D eigenvalue weighted by Gasteiger charge is -2.12. The third-order valence-electron chi connectivity index (χ3n) is 2.63. The molecule has 0 amide bonds. The molecule has 1 aromatic carbocycles. The number of nitrogens with zero attached hydrogens (tertiary/aromatic N) is 1. The Morgan fingerprint density at radius 1 is 1.26 bits per heavy atom. The summed E-state index contributed by atoms with van der Waals surface area (Å²) in [6.45, 7) is 1.85. The van der Waals surface area contributed by atoms with Gasteiger partial charge in [-0.2, -0.15) is 0 Å². The molecule has 0 aliphatic rings. The zero-order valence-corrected chi connectivity index (χ0v) is 10.9. The van der Waals surface area contributed by atoms with Gasteiger partial charge in [0.1, 0.15) is 0 Å². The van der Waals surface area contributed by atoms with E-state index >= 15 is 0 Å². The molecule has 0 fully saturated rings. The van der Waals surface area contributed by atoms with Crippen molar-refractivity contribution in [2.24, 2.45) is 0 Å². The molecule has 19 heavy (non-hydrogen) atoms. The zero-order chi connectivity index (χ0) is 13.8. The van der Waals surface area contributed by atoms with Gasteiger partial charge in [0.2, 0.25) is 5.88 Å². The first kappa shape index (κ1) is 13.2. The number of rotatable bonds is 4. The van der Waals surface area contributed by atoms with Gasteiger partial charge in [0.15, 0.2) is 11.5 Å². The first-order valence-electron chi connectivity index (χ1n) is 5.81. The molecule has 0 saturated carbocycles. The summed E-state index contributed by atoms with van der Waals surface area (Å²) in [5.41, 5.74) is 8.02. The van der Waals surface area contributed by atoms with Crippen molar-refractivity contribution < 1.29 is 14.6 Å². The molecule has 3 N–H and O–H groups in total. The third-order valence-corrected chi connectivity index (χ3v) is 2.63. The minimum absolute atomic E-state index is 0.0540. The van der Waals surface area contributed by atoms with Gasteiger partial charge in [-0.05, 0) is 36.2 Å². The number of methoxy groups -OCH3 is 1. The van der Waals surface area contributed by atoms with E-state index in [1.165, 1.54) is 7.11 Å². The van der Waals surface area contributed by atoms with E-state index in [1.54, 1.807) is 30.5 Å². The Balaban J connectivity index is 2.32. The first-order valence-corrected chi connectivity index (χ1v) is 5.81. The molecule has 5 heteroatoms. The summed E-state index contributed by atoms with van der Waals surface area (Å²) in [6, 6.07) is 6.96. The molecule has 0 atom stereocenters. The first-order chi connectivity index (χ1) is 9.13. The Labute approximate surface area is 111 Å². The van der Waals surface area contributed by atoms with Crippen molar-refractivity contribution in [2.45, 2.75) is 13.5 Å². The Kier molecular flexibility index (Phi) is 3.87. The standard InChI is InChI=1S/C14H16N2O3/c1-9-5-11(15)14(16-7-9)19-12-4-3-10(8-17)6-13(12)18-2/h3-7,17H,8,15H2,1-2H3. The topological polar surface area (TPSA) is 77.6 Å². The van der Waals surface area contributed by atoms with Crippen LogP contribution in [-0.2, 0) is 6.61 Å². The highest BCUT2D eigenvalue weighted by Gasteiger charge is 2.10. The van der Waals surface area contributed by atoms with Crippen molar-refractivity contribution in [3.63, 3.8) is 0 Å². The van der Waals surface area contributed by atoms with Gasteiger partial charge in [0.25, 0.3) is 0 Å². The molecule has 1 heterocycles. The maximum atomic E-state index is 9.08. The molecule has 2 aromatic rings. The Hall–Kier alpha value is -2.27. The molecule has 0 radical (unpaired) electrons. The number of hydrogen-bond acceptors (Lipinski definition) is 5. The molecule has 0 bridgehead atoms. The van der Waals surface area contributed by atoms with Gasteiger partial charge in [0, 0.05) is 6.20 Å². The SMILES string of the molecule is COc1cc(CO)ccc1Oc1ncc(C)cc1N. The number of ether oxygens (including phenoxy) is 2. The molecule has 0 aliphatic heterocycles. The van der Waals surface area contributed by atoms with Crippen LogP contribution >= 0.6 is 0 Å². The number of nitrogens with two attached hydrogens (primary N) is 1. The molecular weight excluding hydrogens is 244 g/mol. The maximum absolute atomic E-state index is 9.08. The number of aliphatic hydroxyl groups is 1. The summed E-state index contributed by atoms with van der Waals surface area (Å²) in [5.74, 6) is 1.36. The summed E-state index contributed by atoms with van der Waals surface area (Å²) >= 11 is 0. The molecule has 1 aromatic heterocycles.